The lowest BCUT2D eigenvalue weighted by molar-refractivity contribution is -0.142. The number of carbonyl (C=O) groups excluding carboxylic acids is 1. The van der Waals surface area contributed by atoms with E-state index in [4.69, 9.17) is 11.6 Å². The number of rotatable bonds is 6. The molecule has 0 aliphatic heterocycles. The molecule has 2 fully saturated rings. The molecular formula is C26H27ClFN3O3. The van der Waals surface area contributed by atoms with Gasteiger partial charge >= 0.3 is 5.97 Å². The molecule has 178 valence electrons. The highest BCUT2D eigenvalue weighted by molar-refractivity contribution is 6.36. The first-order valence-corrected chi connectivity index (χ1v) is 12.2. The maximum absolute atomic E-state index is 14.7. The molecule has 2 N–H and O–H groups in total. The molecule has 0 atom stereocenters. The number of aromatic nitrogens is 2. The average Bonchev–Trinajstić information content (AvgIpc) is 3.19. The molecule has 3 aromatic rings. The van der Waals surface area contributed by atoms with E-state index in [-0.39, 0.29) is 23.7 Å². The molecule has 5 rings (SSSR count). The van der Waals surface area contributed by atoms with Crippen LogP contribution in [0.3, 0.4) is 0 Å². The van der Waals surface area contributed by atoms with Crippen molar-refractivity contribution in [3.63, 3.8) is 0 Å². The fourth-order valence-electron chi connectivity index (χ4n) is 5.11. The van der Waals surface area contributed by atoms with Crippen molar-refractivity contribution in [3.8, 4) is 0 Å². The Kier molecular flexibility index (Phi) is 6.30. The number of hydrogen-bond acceptors (Lipinski definition) is 3. The Morgan fingerprint density at radius 2 is 1.88 bits per heavy atom. The first-order valence-electron chi connectivity index (χ1n) is 11.9. The summed E-state index contributed by atoms with van der Waals surface area (Å²) in [5.41, 5.74) is 2.60. The number of hydrogen-bond donors (Lipinski definition) is 2. The van der Waals surface area contributed by atoms with E-state index in [0.717, 1.165) is 30.4 Å². The summed E-state index contributed by atoms with van der Waals surface area (Å²) in [6, 6.07) is 8.65. The van der Waals surface area contributed by atoms with Gasteiger partial charge in [0.05, 0.1) is 34.8 Å². The van der Waals surface area contributed by atoms with Gasteiger partial charge in [-0.3, -0.25) is 14.3 Å². The molecule has 34 heavy (non-hydrogen) atoms. The van der Waals surface area contributed by atoms with E-state index in [2.05, 4.69) is 10.4 Å². The van der Waals surface area contributed by atoms with E-state index in [1.807, 2.05) is 12.1 Å². The number of benzene rings is 2. The number of aliphatic carboxylic acids is 1. The predicted octanol–water partition coefficient (Wildman–Crippen LogP) is 5.52. The summed E-state index contributed by atoms with van der Waals surface area (Å²) in [5.74, 6) is -1.22. The quantitative estimate of drug-likeness (QED) is 0.483. The predicted molar refractivity (Wildman–Crippen MR) is 128 cm³/mol. The van der Waals surface area contributed by atoms with Crippen molar-refractivity contribution in [2.24, 2.45) is 5.92 Å². The van der Waals surface area contributed by atoms with Gasteiger partial charge in [-0.2, -0.15) is 5.10 Å². The highest BCUT2D eigenvalue weighted by Crippen LogP contribution is 2.38. The lowest BCUT2D eigenvalue weighted by atomic mass is 9.79. The van der Waals surface area contributed by atoms with Crippen LogP contribution in [0.4, 0.5) is 4.39 Å². The van der Waals surface area contributed by atoms with Crippen molar-refractivity contribution in [3.05, 3.63) is 64.1 Å². The van der Waals surface area contributed by atoms with Crippen molar-refractivity contribution in [1.29, 1.82) is 0 Å². The Bertz CT molecular complexity index is 1250. The number of carbonyl (C=O) groups is 2. The molecule has 2 aliphatic rings. The second-order valence-corrected chi connectivity index (χ2v) is 9.91. The zero-order chi connectivity index (χ0) is 23.8. The molecule has 0 saturated heterocycles. The number of carboxylic acid groups (broad SMARTS) is 1. The largest absolute Gasteiger partial charge is 0.481 e. The van der Waals surface area contributed by atoms with E-state index in [1.165, 1.54) is 0 Å². The van der Waals surface area contributed by atoms with Crippen LogP contribution in [-0.4, -0.2) is 32.8 Å². The molecule has 0 spiro atoms. The third-order valence-corrected chi connectivity index (χ3v) is 7.68. The van der Waals surface area contributed by atoms with Crippen LogP contribution in [-0.2, 0) is 11.3 Å². The van der Waals surface area contributed by atoms with Crippen LogP contribution in [0.2, 0.25) is 5.02 Å². The molecule has 6 nitrogen and oxygen atoms in total. The van der Waals surface area contributed by atoms with E-state index >= 15 is 0 Å². The third-order valence-electron chi connectivity index (χ3n) is 7.35. The molecule has 2 saturated carbocycles. The van der Waals surface area contributed by atoms with Crippen LogP contribution >= 0.6 is 11.6 Å². The van der Waals surface area contributed by atoms with Crippen LogP contribution in [0.15, 0.2) is 36.5 Å². The molecule has 1 amide bonds. The molecule has 0 radical (unpaired) electrons. The van der Waals surface area contributed by atoms with Gasteiger partial charge < -0.3 is 10.4 Å². The van der Waals surface area contributed by atoms with Gasteiger partial charge in [-0.25, -0.2) is 4.39 Å². The van der Waals surface area contributed by atoms with Crippen LogP contribution in [0, 0.1) is 11.7 Å². The van der Waals surface area contributed by atoms with Gasteiger partial charge in [0, 0.05) is 11.4 Å². The SMILES string of the molecule is O=C(NC1CCC(C(=O)O)CC1)c1ccc(Cl)c2cnn(Cc3ccc(C4CCC4)c(F)c3)c12. The minimum absolute atomic E-state index is 0.0710. The fourth-order valence-corrected chi connectivity index (χ4v) is 5.31. The molecule has 1 aromatic heterocycles. The van der Waals surface area contributed by atoms with Crippen molar-refractivity contribution in [1.82, 2.24) is 15.1 Å². The molecule has 8 heteroatoms. The average molecular weight is 484 g/mol. The molecule has 1 heterocycles. The number of carboxylic acids is 1. The maximum Gasteiger partial charge on any atom is 0.306 e. The van der Waals surface area contributed by atoms with Crippen LogP contribution in [0.25, 0.3) is 10.9 Å². The summed E-state index contributed by atoms with van der Waals surface area (Å²) >= 11 is 6.39. The lowest BCUT2D eigenvalue weighted by Gasteiger charge is -2.27. The van der Waals surface area contributed by atoms with Crippen LogP contribution < -0.4 is 5.32 Å². The van der Waals surface area contributed by atoms with E-state index in [1.54, 1.807) is 29.1 Å². The van der Waals surface area contributed by atoms with Crippen molar-refractivity contribution in [2.45, 2.75) is 63.5 Å². The second-order valence-electron chi connectivity index (χ2n) is 9.50. The molecular weight excluding hydrogens is 457 g/mol. The topological polar surface area (TPSA) is 84.2 Å². The fraction of sp³-hybridized carbons (Fsp3) is 0.423. The van der Waals surface area contributed by atoms with Crippen molar-refractivity contribution >= 4 is 34.4 Å². The Labute approximate surface area is 202 Å². The Balaban J connectivity index is 1.38. The summed E-state index contributed by atoms with van der Waals surface area (Å²) in [7, 11) is 0. The highest BCUT2D eigenvalue weighted by Gasteiger charge is 2.28. The maximum atomic E-state index is 14.7. The Morgan fingerprint density at radius 3 is 2.53 bits per heavy atom. The first kappa shape index (κ1) is 22.8. The number of nitrogens with one attached hydrogen (secondary N) is 1. The van der Waals surface area contributed by atoms with Gasteiger partial charge in [0.2, 0.25) is 0 Å². The smallest absolute Gasteiger partial charge is 0.306 e. The van der Waals surface area contributed by atoms with E-state index in [9.17, 15) is 19.1 Å². The normalized spacial score (nSPS) is 20.8. The van der Waals surface area contributed by atoms with Gasteiger partial charge in [-0.15, -0.1) is 0 Å². The van der Waals surface area contributed by atoms with Crippen LogP contribution in [0.5, 0.6) is 0 Å². The van der Waals surface area contributed by atoms with E-state index in [0.29, 0.717) is 59.6 Å². The standard InChI is InChI=1S/C26H27ClFN3O3/c27-22-11-10-20(25(32)30-18-7-5-17(6-8-18)26(33)34)24-21(22)13-29-31(24)14-15-4-9-19(23(28)12-15)16-2-1-3-16/h4,9-13,16-18H,1-3,5-8,14H2,(H,30,32)(H,33,34). The molecule has 2 aliphatic carbocycles. The lowest BCUT2D eigenvalue weighted by Crippen LogP contribution is -2.38. The number of nitrogens with zero attached hydrogens (tertiary/aromatic N) is 2. The van der Waals surface area contributed by atoms with Gasteiger partial charge in [-0.1, -0.05) is 30.2 Å². The zero-order valence-electron chi connectivity index (χ0n) is 18.8. The number of halogens is 2. The van der Waals surface area contributed by atoms with Gasteiger partial charge in [0.1, 0.15) is 5.82 Å². The summed E-state index contributed by atoms with van der Waals surface area (Å²) < 4.78 is 16.4. The Morgan fingerprint density at radius 1 is 1.12 bits per heavy atom. The van der Waals surface area contributed by atoms with Gasteiger partial charge in [0.15, 0.2) is 0 Å². The molecule has 0 bridgehead atoms. The Hall–Kier alpha value is -2.93. The molecule has 2 aromatic carbocycles. The second kappa shape index (κ2) is 9.37. The van der Waals surface area contributed by atoms with Crippen molar-refractivity contribution in [2.75, 3.05) is 0 Å². The third kappa shape index (κ3) is 4.41. The van der Waals surface area contributed by atoms with Crippen molar-refractivity contribution < 1.29 is 19.1 Å². The monoisotopic (exact) mass is 483 g/mol. The van der Waals surface area contributed by atoms with E-state index < -0.39 is 5.97 Å². The number of amides is 1. The minimum atomic E-state index is -0.773. The minimum Gasteiger partial charge on any atom is -0.481 e. The first-order chi connectivity index (χ1) is 16.4. The summed E-state index contributed by atoms with van der Waals surface area (Å²) in [4.78, 5) is 24.4. The summed E-state index contributed by atoms with van der Waals surface area (Å²) in [6.07, 6.45) is 7.22. The summed E-state index contributed by atoms with van der Waals surface area (Å²) in [5, 5.41) is 17.9. The summed E-state index contributed by atoms with van der Waals surface area (Å²) in [6.45, 7) is 0.315. The zero-order valence-corrected chi connectivity index (χ0v) is 19.5. The molecule has 0 unspecified atom stereocenters. The van der Waals surface area contributed by atoms with Gasteiger partial charge in [0.25, 0.3) is 5.91 Å². The van der Waals surface area contributed by atoms with Gasteiger partial charge in [-0.05, 0) is 73.8 Å². The van der Waals surface area contributed by atoms with Crippen LogP contribution in [0.1, 0.15) is 72.3 Å². The number of fused-ring (bicyclic) bond motifs is 1. The highest BCUT2D eigenvalue weighted by atomic mass is 35.5.